The van der Waals surface area contributed by atoms with E-state index in [9.17, 15) is 9.59 Å². The fourth-order valence-electron chi connectivity index (χ4n) is 4.41. The predicted molar refractivity (Wildman–Crippen MR) is 130 cm³/mol. The zero-order chi connectivity index (χ0) is 22.9. The fraction of sp³-hybridized carbons (Fsp3) is 0.538. The van der Waals surface area contributed by atoms with Gasteiger partial charge in [0.1, 0.15) is 5.75 Å². The van der Waals surface area contributed by atoms with Gasteiger partial charge in [0.05, 0.1) is 19.7 Å². The Morgan fingerprint density at radius 1 is 1.09 bits per heavy atom. The molecule has 32 heavy (non-hydrogen) atoms. The molecule has 0 N–H and O–H groups in total. The molecule has 0 fully saturated rings. The average molecular weight is 457 g/mol. The van der Waals surface area contributed by atoms with Crippen molar-refractivity contribution >= 4 is 23.2 Å². The molecule has 1 aliphatic heterocycles. The van der Waals surface area contributed by atoms with E-state index in [-0.39, 0.29) is 24.4 Å². The molecule has 6 heteroatoms. The number of carbonyl (C=O) groups excluding carboxylic acids is 2. The van der Waals surface area contributed by atoms with Crippen LogP contribution in [0.15, 0.2) is 35.7 Å². The van der Waals surface area contributed by atoms with Crippen molar-refractivity contribution in [2.45, 2.75) is 64.8 Å². The summed E-state index contributed by atoms with van der Waals surface area (Å²) in [5, 5.41) is 2.11. The highest BCUT2D eigenvalue weighted by atomic mass is 32.1. The Hall–Kier alpha value is -2.34. The largest absolute Gasteiger partial charge is 0.497 e. The average Bonchev–Trinajstić information content (AvgIpc) is 3.29. The molecule has 3 rings (SSSR count). The molecule has 0 bridgehead atoms. The molecule has 5 nitrogen and oxygen atoms in total. The second-order valence-corrected chi connectivity index (χ2v) is 9.44. The highest BCUT2D eigenvalue weighted by Gasteiger charge is 2.33. The number of rotatable bonds is 11. The minimum Gasteiger partial charge on any atom is -0.497 e. The van der Waals surface area contributed by atoms with Crippen molar-refractivity contribution in [3.05, 3.63) is 51.7 Å². The van der Waals surface area contributed by atoms with Crippen LogP contribution in [0, 0.1) is 0 Å². The van der Waals surface area contributed by atoms with Crippen molar-refractivity contribution in [3.8, 4) is 5.75 Å². The molecule has 0 spiro atoms. The minimum absolute atomic E-state index is 0.0260. The smallest absolute Gasteiger partial charge is 0.242 e. The lowest BCUT2D eigenvalue weighted by Crippen LogP contribution is -2.47. The van der Waals surface area contributed by atoms with Gasteiger partial charge >= 0.3 is 0 Å². The van der Waals surface area contributed by atoms with Gasteiger partial charge in [0.15, 0.2) is 0 Å². The number of methoxy groups -OCH3 is 1. The molecule has 1 aromatic carbocycles. The number of carbonyl (C=O) groups is 2. The molecule has 0 saturated carbocycles. The molecular weight excluding hydrogens is 420 g/mol. The summed E-state index contributed by atoms with van der Waals surface area (Å²) in [5.74, 6) is 0.930. The summed E-state index contributed by atoms with van der Waals surface area (Å²) in [6.45, 7) is 5.69. The van der Waals surface area contributed by atoms with E-state index < -0.39 is 0 Å². The summed E-state index contributed by atoms with van der Waals surface area (Å²) in [6, 6.07) is 9.99. The SMILES string of the molecule is CCCCCCC(=O)N(CCC)CC(=O)N1CCc2sccc2C1c1ccc(OC)cc1. The molecule has 0 radical (unpaired) electrons. The first-order valence-corrected chi connectivity index (χ1v) is 12.7. The molecule has 0 saturated heterocycles. The van der Waals surface area contributed by atoms with Gasteiger partial charge in [-0.25, -0.2) is 0 Å². The lowest BCUT2D eigenvalue weighted by atomic mass is 9.93. The maximum atomic E-state index is 13.5. The minimum atomic E-state index is -0.119. The van der Waals surface area contributed by atoms with Gasteiger partial charge in [0.25, 0.3) is 0 Å². The number of hydrogen-bond acceptors (Lipinski definition) is 4. The maximum Gasteiger partial charge on any atom is 0.242 e. The summed E-state index contributed by atoms with van der Waals surface area (Å²) in [5.41, 5.74) is 2.28. The first kappa shape index (κ1) is 24.3. The summed E-state index contributed by atoms with van der Waals surface area (Å²) >= 11 is 1.76. The molecule has 174 valence electrons. The van der Waals surface area contributed by atoms with Crippen LogP contribution in [-0.2, 0) is 16.0 Å². The highest BCUT2D eigenvalue weighted by Crippen LogP contribution is 2.38. The standard InChI is InChI=1S/C26H36N2O3S/c1-4-6-7-8-9-24(29)27(16-5-2)19-25(30)28-17-14-23-22(15-18-32-23)26(28)20-10-12-21(31-3)13-11-20/h10-13,15,18,26H,4-9,14,16-17,19H2,1-3H3. The van der Waals surface area contributed by atoms with Crippen molar-refractivity contribution in [1.29, 1.82) is 0 Å². The third kappa shape index (κ3) is 5.91. The van der Waals surface area contributed by atoms with E-state index in [1.54, 1.807) is 23.3 Å². The molecule has 2 heterocycles. The second kappa shape index (κ2) is 12.0. The number of nitrogens with zero attached hydrogens (tertiary/aromatic N) is 2. The Morgan fingerprint density at radius 2 is 1.88 bits per heavy atom. The highest BCUT2D eigenvalue weighted by molar-refractivity contribution is 7.10. The number of ether oxygens (including phenoxy) is 1. The first-order chi connectivity index (χ1) is 15.6. The van der Waals surface area contributed by atoms with Crippen LogP contribution < -0.4 is 4.74 Å². The monoisotopic (exact) mass is 456 g/mol. The van der Waals surface area contributed by atoms with E-state index >= 15 is 0 Å². The van der Waals surface area contributed by atoms with Crippen molar-refractivity contribution in [3.63, 3.8) is 0 Å². The third-order valence-corrected chi connectivity index (χ3v) is 7.13. The fourth-order valence-corrected chi connectivity index (χ4v) is 5.31. The van der Waals surface area contributed by atoms with E-state index in [0.717, 1.165) is 49.8 Å². The van der Waals surface area contributed by atoms with Crippen LogP contribution in [0.5, 0.6) is 5.75 Å². The van der Waals surface area contributed by atoms with Gasteiger partial charge in [-0.05, 0) is 54.0 Å². The lowest BCUT2D eigenvalue weighted by molar-refractivity contribution is -0.141. The molecule has 1 atom stereocenters. The Kier molecular flexibility index (Phi) is 9.15. The Balaban J connectivity index is 1.77. The quantitative estimate of drug-likeness (QED) is 0.423. The van der Waals surface area contributed by atoms with E-state index in [2.05, 4.69) is 25.3 Å². The summed E-state index contributed by atoms with van der Waals surface area (Å²) in [6.07, 6.45) is 6.52. The Morgan fingerprint density at radius 3 is 2.56 bits per heavy atom. The summed E-state index contributed by atoms with van der Waals surface area (Å²) < 4.78 is 5.32. The van der Waals surface area contributed by atoms with Crippen molar-refractivity contribution < 1.29 is 14.3 Å². The van der Waals surface area contributed by atoms with Gasteiger partial charge in [0.2, 0.25) is 11.8 Å². The van der Waals surface area contributed by atoms with Crippen LogP contribution in [0.1, 0.15) is 74.4 Å². The molecule has 1 unspecified atom stereocenters. The third-order valence-electron chi connectivity index (χ3n) is 6.13. The van der Waals surface area contributed by atoms with Crippen LogP contribution in [0.25, 0.3) is 0 Å². The van der Waals surface area contributed by atoms with Crippen LogP contribution >= 0.6 is 11.3 Å². The number of benzene rings is 1. The Bertz CT molecular complexity index is 877. The van der Waals surface area contributed by atoms with E-state index in [1.165, 1.54) is 10.4 Å². The number of hydrogen-bond donors (Lipinski definition) is 0. The van der Waals surface area contributed by atoms with Crippen LogP contribution in [-0.4, -0.2) is 48.4 Å². The molecule has 1 aromatic heterocycles. The number of unbranched alkanes of at least 4 members (excludes halogenated alkanes) is 3. The van der Waals surface area contributed by atoms with Crippen molar-refractivity contribution in [2.75, 3.05) is 26.7 Å². The zero-order valence-electron chi connectivity index (χ0n) is 19.6. The van der Waals surface area contributed by atoms with Gasteiger partial charge in [-0.1, -0.05) is 45.2 Å². The summed E-state index contributed by atoms with van der Waals surface area (Å²) in [7, 11) is 1.66. The Labute approximate surface area is 196 Å². The van der Waals surface area contributed by atoms with E-state index in [4.69, 9.17) is 4.74 Å². The molecular formula is C26H36N2O3S. The number of fused-ring (bicyclic) bond motifs is 1. The molecule has 2 amide bonds. The zero-order valence-corrected chi connectivity index (χ0v) is 20.5. The number of amides is 2. The first-order valence-electron chi connectivity index (χ1n) is 11.9. The van der Waals surface area contributed by atoms with E-state index in [1.807, 2.05) is 29.2 Å². The normalized spacial score (nSPS) is 15.3. The van der Waals surface area contributed by atoms with Gasteiger partial charge in [-0.3, -0.25) is 9.59 Å². The predicted octanol–water partition coefficient (Wildman–Crippen LogP) is 5.44. The molecule has 0 aliphatic carbocycles. The number of thiophene rings is 1. The van der Waals surface area contributed by atoms with Gasteiger partial charge in [-0.2, -0.15) is 0 Å². The second-order valence-electron chi connectivity index (χ2n) is 8.44. The molecule has 1 aliphatic rings. The lowest BCUT2D eigenvalue weighted by Gasteiger charge is -2.37. The van der Waals surface area contributed by atoms with E-state index in [0.29, 0.717) is 19.5 Å². The van der Waals surface area contributed by atoms with Gasteiger partial charge in [0, 0.05) is 24.4 Å². The van der Waals surface area contributed by atoms with Crippen LogP contribution in [0.4, 0.5) is 0 Å². The van der Waals surface area contributed by atoms with Crippen molar-refractivity contribution in [2.24, 2.45) is 0 Å². The molecule has 2 aromatic rings. The maximum absolute atomic E-state index is 13.5. The van der Waals surface area contributed by atoms with Crippen LogP contribution in [0.2, 0.25) is 0 Å². The topological polar surface area (TPSA) is 49.9 Å². The van der Waals surface area contributed by atoms with Crippen LogP contribution in [0.3, 0.4) is 0 Å². The summed E-state index contributed by atoms with van der Waals surface area (Å²) in [4.78, 5) is 31.4. The van der Waals surface area contributed by atoms with Gasteiger partial charge in [-0.15, -0.1) is 11.3 Å². The van der Waals surface area contributed by atoms with Gasteiger partial charge < -0.3 is 14.5 Å². The van der Waals surface area contributed by atoms with Crippen molar-refractivity contribution in [1.82, 2.24) is 9.80 Å².